The Morgan fingerprint density at radius 2 is 2.00 bits per heavy atom. The normalized spacial score (nSPS) is 14.8. The van der Waals surface area contributed by atoms with Gasteiger partial charge < -0.3 is 10.4 Å². The van der Waals surface area contributed by atoms with Crippen molar-refractivity contribution < 1.29 is 5.11 Å². The van der Waals surface area contributed by atoms with Crippen LogP contribution in [-0.4, -0.2) is 32.0 Å². The minimum Gasteiger partial charge on any atom is -0.389 e. The molecule has 0 radical (unpaired) electrons. The lowest BCUT2D eigenvalue weighted by Crippen LogP contribution is -2.37. The molecule has 0 bridgehead atoms. The summed E-state index contributed by atoms with van der Waals surface area (Å²) in [5, 5.41) is 19.2. The van der Waals surface area contributed by atoms with Crippen LogP contribution in [0.25, 0.3) is 11.0 Å². The van der Waals surface area contributed by atoms with E-state index in [0.29, 0.717) is 25.0 Å². The summed E-state index contributed by atoms with van der Waals surface area (Å²) in [5.74, 6) is 0.616. The molecule has 0 saturated carbocycles. The Morgan fingerprint density at radius 3 is 2.65 bits per heavy atom. The van der Waals surface area contributed by atoms with Gasteiger partial charge in [0.2, 0.25) is 0 Å². The van der Waals surface area contributed by atoms with E-state index < -0.39 is 5.60 Å². The Balaban J connectivity index is 1.92. The first-order valence-electron chi connectivity index (χ1n) is 8.54. The monoisotopic (exact) mass is 318 g/mol. The van der Waals surface area contributed by atoms with E-state index in [2.05, 4.69) is 49.2 Å². The molecule has 0 aliphatic heterocycles. The highest BCUT2D eigenvalue weighted by Crippen LogP contribution is 2.18. The number of hydrogen-bond acceptors (Lipinski definition) is 4. The van der Waals surface area contributed by atoms with Crippen molar-refractivity contribution >= 4 is 11.0 Å². The summed E-state index contributed by atoms with van der Waals surface area (Å²) < 4.78 is 1.93. The van der Waals surface area contributed by atoms with E-state index >= 15 is 0 Å². The molecule has 0 amide bonds. The molecule has 1 unspecified atom stereocenters. The van der Waals surface area contributed by atoms with Crippen LogP contribution in [0.15, 0.2) is 18.5 Å². The van der Waals surface area contributed by atoms with E-state index in [1.54, 1.807) is 0 Å². The van der Waals surface area contributed by atoms with Crippen LogP contribution in [0, 0.1) is 5.92 Å². The Morgan fingerprint density at radius 1 is 1.26 bits per heavy atom. The van der Waals surface area contributed by atoms with Gasteiger partial charge in [0.25, 0.3) is 0 Å². The van der Waals surface area contributed by atoms with Crippen molar-refractivity contribution in [1.82, 2.24) is 20.1 Å². The third-order valence-electron chi connectivity index (χ3n) is 4.07. The predicted molar refractivity (Wildman–Crippen MR) is 94.3 cm³/mol. The van der Waals surface area contributed by atoms with Gasteiger partial charge in [-0.25, -0.2) is 9.67 Å². The van der Waals surface area contributed by atoms with Crippen molar-refractivity contribution in [3.8, 4) is 0 Å². The van der Waals surface area contributed by atoms with E-state index in [0.717, 1.165) is 29.4 Å². The Bertz CT molecular complexity index is 631. The van der Waals surface area contributed by atoms with E-state index in [4.69, 9.17) is 0 Å². The number of nitrogens with zero attached hydrogens (tertiary/aromatic N) is 3. The summed E-state index contributed by atoms with van der Waals surface area (Å²) in [7, 11) is 0. The molecular formula is C18H30N4O. The lowest BCUT2D eigenvalue weighted by Gasteiger charge is -2.24. The maximum absolute atomic E-state index is 10.4. The lowest BCUT2D eigenvalue weighted by atomic mass is 9.95. The standard InChI is InChI=1S/C18H30N4O/c1-13(2)6-7-18(5,23)12-19-9-15-8-16-11-21-22(14(3)4)17(16)20-10-15/h8,10-11,13-14,19,23H,6-7,9,12H2,1-5H3. The molecule has 0 aromatic carbocycles. The van der Waals surface area contributed by atoms with Crippen molar-refractivity contribution in [2.75, 3.05) is 6.54 Å². The van der Waals surface area contributed by atoms with Crippen LogP contribution < -0.4 is 5.32 Å². The summed E-state index contributed by atoms with van der Waals surface area (Å²) in [6.07, 6.45) is 5.61. The van der Waals surface area contributed by atoms with E-state index in [1.165, 1.54) is 0 Å². The molecule has 2 aromatic rings. The average molecular weight is 318 g/mol. The van der Waals surface area contributed by atoms with Crippen LogP contribution in [0.1, 0.15) is 59.1 Å². The van der Waals surface area contributed by atoms with Crippen LogP contribution in [0.2, 0.25) is 0 Å². The zero-order chi connectivity index (χ0) is 17.0. The number of hydrogen-bond donors (Lipinski definition) is 2. The highest BCUT2D eigenvalue weighted by molar-refractivity contribution is 5.75. The second-order valence-corrected chi connectivity index (χ2v) is 7.47. The van der Waals surface area contributed by atoms with Crippen molar-refractivity contribution in [3.05, 3.63) is 24.0 Å². The molecule has 0 fully saturated rings. The van der Waals surface area contributed by atoms with E-state index in [-0.39, 0.29) is 0 Å². The fourth-order valence-corrected chi connectivity index (χ4v) is 2.62. The van der Waals surface area contributed by atoms with Gasteiger partial charge in [-0.05, 0) is 51.2 Å². The zero-order valence-corrected chi connectivity index (χ0v) is 15.0. The van der Waals surface area contributed by atoms with Crippen molar-refractivity contribution in [1.29, 1.82) is 0 Å². The quantitative estimate of drug-likeness (QED) is 0.784. The second kappa shape index (κ2) is 7.41. The van der Waals surface area contributed by atoms with Gasteiger partial charge in [-0.1, -0.05) is 13.8 Å². The predicted octanol–water partition coefficient (Wildman–Crippen LogP) is 3.29. The van der Waals surface area contributed by atoms with Gasteiger partial charge in [0.1, 0.15) is 0 Å². The summed E-state index contributed by atoms with van der Waals surface area (Å²) in [6, 6.07) is 2.42. The maximum Gasteiger partial charge on any atom is 0.157 e. The number of aliphatic hydroxyl groups is 1. The lowest BCUT2D eigenvalue weighted by molar-refractivity contribution is 0.0451. The number of fused-ring (bicyclic) bond motifs is 1. The summed E-state index contributed by atoms with van der Waals surface area (Å²) >= 11 is 0. The molecule has 2 aromatic heterocycles. The van der Waals surface area contributed by atoms with Crippen molar-refractivity contribution in [3.63, 3.8) is 0 Å². The van der Waals surface area contributed by atoms with Gasteiger partial charge in [-0.3, -0.25) is 0 Å². The van der Waals surface area contributed by atoms with E-state index in [1.807, 2.05) is 24.0 Å². The molecule has 0 aliphatic rings. The maximum atomic E-state index is 10.4. The molecule has 2 rings (SSSR count). The molecule has 0 saturated heterocycles. The molecule has 5 nitrogen and oxygen atoms in total. The second-order valence-electron chi connectivity index (χ2n) is 7.47. The SMILES string of the molecule is CC(C)CCC(C)(O)CNCc1cnc2c(cnn2C(C)C)c1. The molecular weight excluding hydrogens is 288 g/mol. The van der Waals surface area contributed by atoms with Gasteiger partial charge in [-0.15, -0.1) is 0 Å². The Kier molecular flexibility index (Phi) is 5.76. The van der Waals surface area contributed by atoms with E-state index in [9.17, 15) is 5.11 Å². The van der Waals surface area contributed by atoms with Crippen LogP contribution in [0.4, 0.5) is 0 Å². The molecule has 2 heterocycles. The minimum atomic E-state index is -0.662. The smallest absolute Gasteiger partial charge is 0.157 e. The number of rotatable bonds is 8. The largest absolute Gasteiger partial charge is 0.389 e. The van der Waals surface area contributed by atoms with Crippen LogP contribution in [0.3, 0.4) is 0 Å². The number of aromatic nitrogens is 3. The first-order valence-corrected chi connectivity index (χ1v) is 8.54. The highest BCUT2D eigenvalue weighted by Gasteiger charge is 2.20. The first-order chi connectivity index (χ1) is 10.8. The molecule has 2 N–H and O–H groups in total. The average Bonchev–Trinajstić information content (AvgIpc) is 2.88. The fourth-order valence-electron chi connectivity index (χ4n) is 2.62. The van der Waals surface area contributed by atoms with Crippen LogP contribution >= 0.6 is 0 Å². The Hall–Kier alpha value is -1.46. The van der Waals surface area contributed by atoms with Crippen LogP contribution in [-0.2, 0) is 6.54 Å². The number of nitrogens with one attached hydrogen (secondary N) is 1. The zero-order valence-electron chi connectivity index (χ0n) is 15.0. The van der Waals surface area contributed by atoms with Gasteiger partial charge in [0, 0.05) is 30.7 Å². The molecule has 23 heavy (non-hydrogen) atoms. The fraction of sp³-hybridized carbons (Fsp3) is 0.667. The topological polar surface area (TPSA) is 63.0 Å². The molecule has 5 heteroatoms. The highest BCUT2D eigenvalue weighted by atomic mass is 16.3. The minimum absolute atomic E-state index is 0.306. The van der Waals surface area contributed by atoms with Gasteiger partial charge in [-0.2, -0.15) is 5.10 Å². The van der Waals surface area contributed by atoms with Gasteiger partial charge >= 0.3 is 0 Å². The summed E-state index contributed by atoms with van der Waals surface area (Å²) in [5.41, 5.74) is 1.37. The summed E-state index contributed by atoms with van der Waals surface area (Å²) in [4.78, 5) is 4.53. The molecule has 0 spiro atoms. The molecule has 128 valence electrons. The van der Waals surface area contributed by atoms with Gasteiger partial charge in [0.15, 0.2) is 5.65 Å². The Labute approximate surface area is 139 Å². The van der Waals surface area contributed by atoms with Crippen molar-refractivity contribution in [2.45, 2.75) is 65.6 Å². The molecule has 0 aliphatic carbocycles. The third-order valence-corrected chi connectivity index (χ3v) is 4.07. The van der Waals surface area contributed by atoms with Crippen LogP contribution in [0.5, 0.6) is 0 Å². The third kappa shape index (κ3) is 5.01. The van der Waals surface area contributed by atoms with Crippen molar-refractivity contribution in [2.24, 2.45) is 5.92 Å². The first kappa shape index (κ1) is 17.9. The summed E-state index contributed by atoms with van der Waals surface area (Å²) in [6.45, 7) is 11.8. The number of pyridine rings is 1. The molecule has 1 atom stereocenters. The van der Waals surface area contributed by atoms with Gasteiger partial charge in [0.05, 0.1) is 11.8 Å².